The normalized spacial score (nSPS) is 15.7. The van der Waals surface area contributed by atoms with Crippen LogP contribution in [0.25, 0.3) is 10.8 Å². The lowest BCUT2D eigenvalue weighted by Gasteiger charge is -2.34. The van der Waals surface area contributed by atoms with Gasteiger partial charge in [-0.15, -0.1) is 0 Å². The Morgan fingerprint density at radius 3 is 2.71 bits per heavy atom. The van der Waals surface area contributed by atoms with Gasteiger partial charge in [-0.05, 0) is 66.9 Å². The largest absolute Gasteiger partial charge is 0.469 e. The number of benzene rings is 3. The summed E-state index contributed by atoms with van der Waals surface area (Å²) >= 11 is 0. The van der Waals surface area contributed by atoms with Crippen LogP contribution in [0.1, 0.15) is 34.3 Å². The molecule has 0 aliphatic carbocycles. The summed E-state index contributed by atoms with van der Waals surface area (Å²) in [7, 11) is 1.37. The van der Waals surface area contributed by atoms with Gasteiger partial charge >= 0.3 is 5.97 Å². The first-order valence-electron chi connectivity index (χ1n) is 12.9. The molecule has 1 unspecified atom stereocenters. The van der Waals surface area contributed by atoms with Gasteiger partial charge in [-0.3, -0.25) is 19.5 Å². The number of ether oxygens (including phenoxy) is 1. The number of pyridine rings is 1. The van der Waals surface area contributed by atoms with Crippen molar-refractivity contribution in [1.82, 2.24) is 9.88 Å². The molecule has 1 amide bonds. The van der Waals surface area contributed by atoms with Gasteiger partial charge in [0.1, 0.15) is 0 Å². The highest BCUT2D eigenvalue weighted by Crippen LogP contribution is 2.25. The van der Waals surface area contributed by atoms with E-state index < -0.39 is 0 Å². The van der Waals surface area contributed by atoms with Crippen molar-refractivity contribution in [2.45, 2.75) is 31.8 Å². The molecule has 0 bridgehead atoms. The molecule has 1 aromatic heterocycles. The number of esters is 1. The Bertz CT molecular complexity index is 1420. The maximum atomic E-state index is 12.9. The Labute approximate surface area is 222 Å². The molecule has 0 saturated carbocycles. The first-order valence-corrected chi connectivity index (χ1v) is 12.9. The van der Waals surface area contributed by atoms with Gasteiger partial charge in [-0.1, -0.05) is 36.4 Å². The minimum Gasteiger partial charge on any atom is -0.469 e. The second-order valence-electron chi connectivity index (χ2n) is 9.73. The van der Waals surface area contributed by atoms with Crippen LogP contribution in [0.5, 0.6) is 0 Å². The zero-order chi connectivity index (χ0) is 26.3. The third kappa shape index (κ3) is 6.36. The Kier molecular flexibility index (Phi) is 7.95. The fourth-order valence-corrected chi connectivity index (χ4v) is 5.00. The van der Waals surface area contributed by atoms with Crippen LogP contribution >= 0.6 is 0 Å². The van der Waals surface area contributed by atoms with Crippen LogP contribution in [0.2, 0.25) is 0 Å². The van der Waals surface area contributed by atoms with Crippen LogP contribution in [0.4, 0.5) is 11.4 Å². The fourth-order valence-electron chi connectivity index (χ4n) is 5.00. The van der Waals surface area contributed by atoms with E-state index in [2.05, 4.69) is 50.8 Å². The van der Waals surface area contributed by atoms with Crippen molar-refractivity contribution in [3.05, 3.63) is 102 Å². The van der Waals surface area contributed by atoms with Crippen molar-refractivity contribution in [3.63, 3.8) is 0 Å². The number of carbonyl (C=O) groups excluding carboxylic acids is 2. The van der Waals surface area contributed by atoms with Gasteiger partial charge in [0.05, 0.1) is 13.5 Å². The molecule has 1 fully saturated rings. The molecule has 1 atom stereocenters. The Hall–Kier alpha value is -4.23. The molecule has 5 rings (SSSR count). The standard InChI is InChI=1S/C31H32N4O3/c1-38-30(36)18-22-10-12-26(13-11-22)34-31(37)24-6-2-5-23(17-24)20-35-16-4-8-27(21-35)33-29-9-3-7-25-19-32-15-14-28(25)29/h2-3,5-7,9-15,17,19,27,33H,4,8,16,18,20-21H2,1H3,(H,34,37). The number of aromatic nitrogens is 1. The molecular weight excluding hydrogens is 476 g/mol. The maximum Gasteiger partial charge on any atom is 0.309 e. The molecule has 1 aliphatic heterocycles. The number of carbonyl (C=O) groups is 2. The molecule has 4 aromatic rings. The van der Waals surface area contributed by atoms with Crippen molar-refractivity contribution in [3.8, 4) is 0 Å². The zero-order valence-electron chi connectivity index (χ0n) is 21.5. The summed E-state index contributed by atoms with van der Waals surface area (Å²) in [5.41, 5.74) is 4.40. The molecular formula is C31H32N4O3. The summed E-state index contributed by atoms with van der Waals surface area (Å²) in [6.07, 6.45) is 6.19. The number of anilines is 2. The molecule has 3 aromatic carbocycles. The molecule has 0 spiro atoms. The van der Waals surface area contributed by atoms with Crippen molar-refractivity contribution in [2.75, 3.05) is 30.8 Å². The number of hydrogen-bond donors (Lipinski definition) is 2. The molecule has 1 saturated heterocycles. The first-order chi connectivity index (χ1) is 18.6. The van der Waals surface area contributed by atoms with Crippen LogP contribution in [-0.4, -0.2) is 48.0 Å². The third-order valence-corrected chi connectivity index (χ3v) is 6.93. The minimum absolute atomic E-state index is 0.156. The average Bonchev–Trinajstić information content (AvgIpc) is 2.94. The highest BCUT2D eigenvalue weighted by atomic mass is 16.5. The smallest absolute Gasteiger partial charge is 0.309 e. The number of likely N-dealkylation sites (tertiary alicyclic amines) is 1. The number of piperidine rings is 1. The van der Waals surface area contributed by atoms with Crippen molar-refractivity contribution in [2.24, 2.45) is 0 Å². The molecule has 7 heteroatoms. The Balaban J connectivity index is 1.19. The number of nitrogens with one attached hydrogen (secondary N) is 2. The van der Waals surface area contributed by atoms with E-state index in [1.165, 1.54) is 12.5 Å². The Morgan fingerprint density at radius 1 is 1.03 bits per heavy atom. The molecule has 1 aliphatic rings. The molecule has 2 heterocycles. The summed E-state index contributed by atoms with van der Waals surface area (Å²) < 4.78 is 4.70. The molecule has 7 nitrogen and oxygen atoms in total. The van der Waals surface area contributed by atoms with Crippen molar-refractivity contribution >= 4 is 34.0 Å². The lowest BCUT2D eigenvalue weighted by Crippen LogP contribution is -2.41. The third-order valence-electron chi connectivity index (χ3n) is 6.93. The number of nitrogens with zero attached hydrogens (tertiary/aromatic N) is 2. The fraction of sp³-hybridized carbons (Fsp3) is 0.258. The van der Waals surface area contributed by atoms with Gasteiger partial charge in [-0.2, -0.15) is 0 Å². The molecule has 0 radical (unpaired) electrons. The number of hydrogen-bond acceptors (Lipinski definition) is 6. The van der Waals surface area contributed by atoms with E-state index in [1.807, 2.05) is 42.7 Å². The predicted molar refractivity (Wildman–Crippen MR) is 150 cm³/mol. The topological polar surface area (TPSA) is 83.6 Å². The van der Waals surface area contributed by atoms with Crippen LogP contribution in [-0.2, 0) is 22.5 Å². The lowest BCUT2D eigenvalue weighted by atomic mass is 10.0. The number of amides is 1. The van der Waals surface area contributed by atoms with Crippen LogP contribution in [0.15, 0.2) is 85.2 Å². The second-order valence-corrected chi connectivity index (χ2v) is 9.73. The summed E-state index contributed by atoms with van der Waals surface area (Å²) in [5.74, 6) is -0.447. The van der Waals surface area contributed by atoms with E-state index in [0.29, 0.717) is 17.3 Å². The summed E-state index contributed by atoms with van der Waals surface area (Å²) in [6.45, 7) is 2.77. The predicted octanol–water partition coefficient (Wildman–Crippen LogP) is 5.28. The Morgan fingerprint density at radius 2 is 1.87 bits per heavy atom. The minimum atomic E-state index is -0.291. The van der Waals surface area contributed by atoms with E-state index in [9.17, 15) is 9.59 Å². The first kappa shape index (κ1) is 25.4. The van der Waals surface area contributed by atoms with Gasteiger partial charge < -0.3 is 15.4 Å². The zero-order valence-corrected chi connectivity index (χ0v) is 21.5. The molecule has 38 heavy (non-hydrogen) atoms. The number of rotatable bonds is 8. The van der Waals surface area contributed by atoms with Crippen LogP contribution in [0.3, 0.4) is 0 Å². The maximum absolute atomic E-state index is 12.9. The monoisotopic (exact) mass is 508 g/mol. The SMILES string of the molecule is COC(=O)Cc1ccc(NC(=O)c2cccc(CN3CCCC(Nc4cccc5cnccc45)C3)c2)cc1. The number of fused-ring (bicyclic) bond motifs is 1. The van der Waals surface area contributed by atoms with E-state index in [0.717, 1.165) is 54.7 Å². The van der Waals surface area contributed by atoms with E-state index in [-0.39, 0.29) is 18.3 Å². The van der Waals surface area contributed by atoms with E-state index in [4.69, 9.17) is 4.74 Å². The molecule has 2 N–H and O–H groups in total. The van der Waals surface area contributed by atoms with Crippen molar-refractivity contribution < 1.29 is 14.3 Å². The van der Waals surface area contributed by atoms with Crippen LogP contribution in [0, 0.1) is 0 Å². The highest BCUT2D eigenvalue weighted by molar-refractivity contribution is 6.04. The average molecular weight is 509 g/mol. The summed E-state index contributed by atoms with van der Waals surface area (Å²) in [6, 6.07) is 23.8. The molecule has 194 valence electrons. The van der Waals surface area contributed by atoms with Gasteiger partial charge in [0.25, 0.3) is 5.91 Å². The van der Waals surface area contributed by atoms with Gasteiger partial charge in [0.2, 0.25) is 0 Å². The van der Waals surface area contributed by atoms with Gasteiger partial charge in [0, 0.05) is 59.2 Å². The van der Waals surface area contributed by atoms with E-state index >= 15 is 0 Å². The van der Waals surface area contributed by atoms with E-state index in [1.54, 1.807) is 12.1 Å². The lowest BCUT2D eigenvalue weighted by molar-refractivity contribution is -0.139. The van der Waals surface area contributed by atoms with Crippen LogP contribution < -0.4 is 10.6 Å². The van der Waals surface area contributed by atoms with Gasteiger partial charge in [0.15, 0.2) is 0 Å². The van der Waals surface area contributed by atoms with Gasteiger partial charge in [-0.25, -0.2) is 0 Å². The second kappa shape index (κ2) is 11.9. The summed E-state index contributed by atoms with van der Waals surface area (Å²) in [5, 5.41) is 9.03. The van der Waals surface area contributed by atoms with Crippen molar-refractivity contribution in [1.29, 1.82) is 0 Å². The quantitative estimate of drug-likeness (QED) is 0.315. The number of methoxy groups -OCH3 is 1. The highest BCUT2D eigenvalue weighted by Gasteiger charge is 2.21. The summed E-state index contributed by atoms with van der Waals surface area (Å²) in [4.78, 5) is 31.1.